The number of para-hydroxylation sites is 1. The summed E-state index contributed by atoms with van der Waals surface area (Å²) in [6, 6.07) is 20.1. The quantitative estimate of drug-likeness (QED) is 0.611. The Bertz CT molecular complexity index is 891. The number of rotatable bonds is 8. The maximum absolute atomic E-state index is 12.1. The van der Waals surface area contributed by atoms with Crippen LogP contribution in [0, 0.1) is 5.92 Å². The lowest BCUT2D eigenvalue weighted by Gasteiger charge is -2.06. The van der Waals surface area contributed by atoms with E-state index >= 15 is 0 Å². The molecule has 0 spiro atoms. The molecule has 1 heterocycles. The minimum Gasteiger partial charge on any atom is -0.351 e. The largest absolute Gasteiger partial charge is 0.351 e. The van der Waals surface area contributed by atoms with Gasteiger partial charge in [-0.25, -0.2) is 4.68 Å². The Balaban J connectivity index is 0.00000225. The summed E-state index contributed by atoms with van der Waals surface area (Å²) in [6.45, 7) is 1.76. The molecule has 0 radical (unpaired) electrons. The Kier molecular flexibility index (Phi) is 6.85. The lowest BCUT2D eigenvalue weighted by Crippen LogP contribution is -2.34. The van der Waals surface area contributed by atoms with Gasteiger partial charge in [-0.1, -0.05) is 48.5 Å². The topological polar surface area (TPSA) is 59.0 Å². The van der Waals surface area contributed by atoms with Gasteiger partial charge >= 0.3 is 0 Å². The molecule has 1 aliphatic rings. The van der Waals surface area contributed by atoms with Gasteiger partial charge in [0.15, 0.2) is 0 Å². The van der Waals surface area contributed by atoms with E-state index in [-0.39, 0.29) is 18.3 Å². The molecule has 0 unspecified atom stereocenters. The highest BCUT2D eigenvalue weighted by Gasteiger charge is 2.20. The van der Waals surface area contributed by atoms with Crippen LogP contribution in [-0.2, 0) is 11.3 Å². The molecule has 1 aromatic heterocycles. The van der Waals surface area contributed by atoms with Crippen molar-refractivity contribution in [3.05, 3.63) is 72.4 Å². The van der Waals surface area contributed by atoms with Gasteiger partial charge in [0.1, 0.15) is 0 Å². The monoisotopic (exact) mass is 396 g/mol. The number of halogens is 1. The van der Waals surface area contributed by atoms with Gasteiger partial charge in [-0.3, -0.25) is 4.79 Å². The molecule has 3 aromatic rings. The maximum atomic E-state index is 12.1. The molecule has 0 saturated heterocycles. The van der Waals surface area contributed by atoms with Crippen LogP contribution in [0.5, 0.6) is 0 Å². The highest BCUT2D eigenvalue weighted by molar-refractivity contribution is 5.85. The van der Waals surface area contributed by atoms with Crippen molar-refractivity contribution in [2.24, 2.45) is 5.92 Å². The number of amides is 1. The first-order valence-electron chi connectivity index (χ1n) is 9.46. The van der Waals surface area contributed by atoms with E-state index in [9.17, 15) is 4.79 Å². The second kappa shape index (κ2) is 9.53. The fourth-order valence-corrected chi connectivity index (χ4v) is 3.06. The lowest BCUT2D eigenvalue weighted by molar-refractivity contribution is -0.120. The first-order valence-corrected chi connectivity index (χ1v) is 9.46. The summed E-state index contributed by atoms with van der Waals surface area (Å²) in [5, 5.41) is 11.0. The van der Waals surface area contributed by atoms with Gasteiger partial charge in [-0.05, 0) is 37.4 Å². The molecule has 146 valence electrons. The van der Waals surface area contributed by atoms with E-state index in [1.807, 2.05) is 71.5 Å². The highest BCUT2D eigenvalue weighted by Crippen LogP contribution is 2.27. The number of benzene rings is 2. The van der Waals surface area contributed by atoms with Crippen LogP contribution in [-0.4, -0.2) is 28.8 Å². The van der Waals surface area contributed by atoms with Gasteiger partial charge in [0.2, 0.25) is 5.91 Å². The molecule has 1 aliphatic carbocycles. The molecule has 0 bridgehead atoms. The Morgan fingerprint density at radius 1 is 1.04 bits per heavy atom. The molecule has 6 heteroatoms. The third-order valence-corrected chi connectivity index (χ3v) is 4.75. The molecule has 5 nitrogen and oxygen atoms in total. The number of carbonyl (C=O) groups is 1. The summed E-state index contributed by atoms with van der Waals surface area (Å²) >= 11 is 0. The zero-order chi connectivity index (χ0) is 18.5. The average Bonchev–Trinajstić information content (AvgIpc) is 3.44. The van der Waals surface area contributed by atoms with E-state index in [1.165, 1.54) is 12.8 Å². The van der Waals surface area contributed by atoms with Crippen molar-refractivity contribution in [3.8, 4) is 16.9 Å². The zero-order valence-electron chi connectivity index (χ0n) is 15.7. The molecule has 2 N–H and O–H groups in total. The molecule has 1 amide bonds. The van der Waals surface area contributed by atoms with Crippen molar-refractivity contribution in [1.82, 2.24) is 20.4 Å². The third kappa shape index (κ3) is 5.21. The minimum absolute atomic E-state index is 0. The van der Waals surface area contributed by atoms with Crippen LogP contribution in [0.2, 0.25) is 0 Å². The summed E-state index contributed by atoms with van der Waals surface area (Å²) in [5.41, 5.74) is 3.94. The smallest absolute Gasteiger partial charge is 0.234 e. The zero-order valence-corrected chi connectivity index (χ0v) is 16.5. The molecule has 0 atom stereocenters. The maximum Gasteiger partial charge on any atom is 0.234 e. The first kappa shape index (κ1) is 20.1. The molecular formula is C22H25ClN4O. The number of nitrogens with zero attached hydrogens (tertiary/aromatic N) is 2. The Hall–Kier alpha value is -2.63. The number of hydrogen-bond donors (Lipinski definition) is 2. The number of nitrogens with one attached hydrogen (secondary N) is 2. The van der Waals surface area contributed by atoms with Gasteiger partial charge in [0.25, 0.3) is 0 Å². The van der Waals surface area contributed by atoms with E-state index in [4.69, 9.17) is 5.10 Å². The van der Waals surface area contributed by atoms with Crippen LogP contribution in [0.4, 0.5) is 0 Å². The summed E-state index contributed by atoms with van der Waals surface area (Å²) < 4.78 is 1.87. The second-order valence-electron chi connectivity index (χ2n) is 7.00. The van der Waals surface area contributed by atoms with Crippen LogP contribution < -0.4 is 10.6 Å². The number of hydrogen-bond acceptors (Lipinski definition) is 3. The van der Waals surface area contributed by atoms with Crippen molar-refractivity contribution >= 4 is 18.3 Å². The van der Waals surface area contributed by atoms with E-state index < -0.39 is 0 Å². The van der Waals surface area contributed by atoms with Crippen LogP contribution in [0.3, 0.4) is 0 Å². The molecule has 1 saturated carbocycles. The first-order chi connectivity index (χ1) is 13.3. The van der Waals surface area contributed by atoms with Crippen molar-refractivity contribution in [3.63, 3.8) is 0 Å². The van der Waals surface area contributed by atoms with Crippen molar-refractivity contribution < 1.29 is 4.79 Å². The summed E-state index contributed by atoms with van der Waals surface area (Å²) in [6.07, 6.45) is 4.57. The van der Waals surface area contributed by atoms with E-state index in [0.29, 0.717) is 13.1 Å². The fraction of sp³-hybridized carbons (Fsp3) is 0.273. The third-order valence-electron chi connectivity index (χ3n) is 4.75. The van der Waals surface area contributed by atoms with E-state index in [1.54, 1.807) is 0 Å². The molecule has 1 fully saturated rings. The van der Waals surface area contributed by atoms with E-state index in [0.717, 1.165) is 35.0 Å². The Labute approximate surface area is 171 Å². The van der Waals surface area contributed by atoms with Gasteiger partial charge in [0, 0.05) is 23.9 Å². The number of carbonyl (C=O) groups excluding carboxylic acids is 1. The van der Waals surface area contributed by atoms with Crippen LogP contribution in [0.25, 0.3) is 16.9 Å². The summed E-state index contributed by atoms with van der Waals surface area (Å²) in [5.74, 6) is 0.786. The van der Waals surface area contributed by atoms with Crippen LogP contribution >= 0.6 is 12.4 Å². The van der Waals surface area contributed by atoms with Gasteiger partial charge < -0.3 is 10.6 Å². The van der Waals surface area contributed by atoms with Gasteiger partial charge in [-0.2, -0.15) is 5.10 Å². The van der Waals surface area contributed by atoms with Gasteiger partial charge in [0.05, 0.1) is 17.9 Å². The van der Waals surface area contributed by atoms with Crippen molar-refractivity contribution in [2.45, 2.75) is 19.4 Å². The minimum atomic E-state index is 0. The molecular weight excluding hydrogens is 372 g/mol. The van der Waals surface area contributed by atoms with Crippen molar-refractivity contribution in [2.75, 3.05) is 13.1 Å². The Morgan fingerprint density at radius 2 is 1.71 bits per heavy atom. The van der Waals surface area contributed by atoms with Crippen LogP contribution in [0.1, 0.15) is 18.4 Å². The summed E-state index contributed by atoms with van der Waals surface area (Å²) in [4.78, 5) is 12.1. The molecule has 0 aliphatic heterocycles. The van der Waals surface area contributed by atoms with Gasteiger partial charge in [-0.15, -0.1) is 12.4 Å². The average molecular weight is 397 g/mol. The molecule has 4 rings (SSSR count). The normalized spacial score (nSPS) is 13.0. The predicted molar refractivity (Wildman–Crippen MR) is 114 cm³/mol. The fourth-order valence-electron chi connectivity index (χ4n) is 3.06. The molecule has 28 heavy (non-hydrogen) atoms. The standard InChI is InChI=1S/C22H24N4O.ClH/c27-21(15-23-13-17-11-12-17)24-14-19-16-26(20-9-5-2-6-10-20)25-22(19)18-7-3-1-4-8-18;/h1-10,16-17,23H,11-15H2,(H,24,27);1H. The lowest BCUT2D eigenvalue weighted by atomic mass is 10.1. The Morgan fingerprint density at radius 3 is 2.39 bits per heavy atom. The SMILES string of the molecule is Cl.O=C(CNCC1CC1)NCc1cn(-c2ccccc2)nc1-c1ccccc1. The number of aromatic nitrogens is 2. The second-order valence-corrected chi connectivity index (χ2v) is 7.00. The molecule has 2 aromatic carbocycles. The summed E-state index contributed by atoms with van der Waals surface area (Å²) in [7, 11) is 0. The van der Waals surface area contributed by atoms with Crippen molar-refractivity contribution in [1.29, 1.82) is 0 Å². The van der Waals surface area contributed by atoms with Crippen LogP contribution in [0.15, 0.2) is 66.9 Å². The predicted octanol–water partition coefficient (Wildman–Crippen LogP) is 3.58. The van der Waals surface area contributed by atoms with E-state index in [2.05, 4.69) is 10.6 Å². The highest BCUT2D eigenvalue weighted by atomic mass is 35.5.